The summed E-state index contributed by atoms with van der Waals surface area (Å²) < 4.78 is 0. The third-order valence-electron chi connectivity index (χ3n) is 0.771. The van der Waals surface area contributed by atoms with E-state index in [2.05, 4.69) is 5.18 Å². The first-order valence-electron chi connectivity index (χ1n) is 2.13. The summed E-state index contributed by atoms with van der Waals surface area (Å²) >= 11 is 0. The molecule has 0 aromatic carbocycles. The zero-order valence-electron chi connectivity index (χ0n) is 4.14. The minimum Gasteiger partial charge on any atom is -0.151 e. The molecule has 0 rings (SSSR count). The lowest BCUT2D eigenvalue weighted by Crippen LogP contribution is -1.97. The van der Waals surface area contributed by atoms with Crippen molar-refractivity contribution < 1.29 is 0 Å². The Morgan fingerprint density at radius 2 is 2.50 bits per heavy atom. The molecule has 0 aromatic heterocycles. The van der Waals surface area contributed by atoms with Crippen molar-refractivity contribution in [1.29, 1.82) is 0 Å². The standard InChI is InChI=1S/C3H9NOSi/c1-2-3(6)4-5/h3H,2H2,1,6H3. The molecule has 2 nitrogen and oxygen atoms in total. The molecule has 0 spiro atoms. The topological polar surface area (TPSA) is 29.4 Å². The molecule has 0 saturated carbocycles. The van der Waals surface area contributed by atoms with Gasteiger partial charge in [0.25, 0.3) is 0 Å². The first-order valence-corrected chi connectivity index (χ1v) is 3.29. The Labute approximate surface area is 40.3 Å². The van der Waals surface area contributed by atoms with Crippen molar-refractivity contribution >= 4 is 10.2 Å². The van der Waals surface area contributed by atoms with Gasteiger partial charge in [-0.25, -0.2) is 0 Å². The average Bonchev–Trinajstić information content (AvgIpc) is 1.65. The molecule has 0 aliphatic heterocycles. The minimum atomic E-state index is 0.144. The fourth-order valence-electron chi connectivity index (χ4n) is 0.0745. The summed E-state index contributed by atoms with van der Waals surface area (Å²) in [5.41, 5.74) is 0.144. The van der Waals surface area contributed by atoms with Gasteiger partial charge in [0.05, 0.1) is 5.67 Å². The van der Waals surface area contributed by atoms with E-state index in [1.54, 1.807) is 0 Å². The molecule has 0 radical (unpaired) electrons. The van der Waals surface area contributed by atoms with E-state index in [9.17, 15) is 4.91 Å². The van der Waals surface area contributed by atoms with E-state index in [4.69, 9.17) is 0 Å². The predicted octanol–water partition coefficient (Wildman–Crippen LogP) is -0.146. The normalized spacial score (nSPS) is 14.2. The second-order valence-electron chi connectivity index (χ2n) is 1.36. The summed E-state index contributed by atoms with van der Waals surface area (Å²) in [6.07, 6.45) is 0.912. The van der Waals surface area contributed by atoms with Gasteiger partial charge in [0, 0.05) is 10.2 Å². The SMILES string of the molecule is CCC([SiH3])N=O. The zero-order chi connectivity index (χ0) is 4.99. The van der Waals surface area contributed by atoms with E-state index in [1.807, 2.05) is 6.92 Å². The summed E-state index contributed by atoms with van der Waals surface area (Å²) in [6.45, 7) is 1.97. The highest BCUT2D eigenvalue weighted by molar-refractivity contribution is 6.11. The second kappa shape index (κ2) is 3.02. The maximum absolute atomic E-state index is 9.52. The van der Waals surface area contributed by atoms with Gasteiger partial charge >= 0.3 is 0 Å². The Hall–Kier alpha value is -0.183. The molecule has 0 aliphatic rings. The van der Waals surface area contributed by atoms with Crippen molar-refractivity contribution in [2.75, 3.05) is 0 Å². The number of rotatable bonds is 2. The quantitative estimate of drug-likeness (QED) is 0.353. The number of hydrogen-bond acceptors (Lipinski definition) is 2. The van der Waals surface area contributed by atoms with E-state index >= 15 is 0 Å². The van der Waals surface area contributed by atoms with E-state index in [1.165, 1.54) is 0 Å². The molecule has 1 unspecified atom stereocenters. The van der Waals surface area contributed by atoms with Crippen LogP contribution < -0.4 is 0 Å². The van der Waals surface area contributed by atoms with Crippen LogP contribution in [-0.2, 0) is 0 Å². The van der Waals surface area contributed by atoms with Crippen molar-refractivity contribution in [2.45, 2.75) is 19.0 Å². The Bertz CT molecular complexity index is 48.1. The number of nitroso groups, excluding NO2 is 1. The molecule has 0 N–H and O–H groups in total. The van der Waals surface area contributed by atoms with Gasteiger partial charge in [-0.2, -0.15) is 4.91 Å². The smallest absolute Gasteiger partial charge is 0.0726 e. The molecule has 36 valence electrons. The molecule has 6 heavy (non-hydrogen) atoms. The molecule has 0 aromatic rings. The summed E-state index contributed by atoms with van der Waals surface area (Å²) in [6, 6.07) is 0. The molecule has 0 heterocycles. The molecule has 3 heteroatoms. The molecular formula is C3H9NOSi. The molecular weight excluding hydrogens is 94.1 g/mol. The van der Waals surface area contributed by atoms with Gasteiger partial charge in [-0.1, -0.05) is 12.1 Å². The van der Waals surface area contributed by atoms with Gasteiger partial charge in [-0.3, -0.25) is 0 Å². The highest BCUT2D eigenvalue weighted by Crippen LogP contribution is 1.85. The van der Waals surface area contributed by atoms with Crippen LogP contribution in [0, 0.1) is 4.91 Å². The van der Waals surface area contributed by atoms with Crippen LogP contribution in [0.25, 0.3) is 0 Å². The Morgan fingerprint density at radius 1 is 2.00 bits per heavy atom. The second-order valence-corrected chi connectivity index (χ2v) is 2.70. The van der Waals surface area contributed by atoms with Gasteiger partial charge in [0.2, 0.25) is 0 Å². The fraction of sp³-hybridized carbons (Fsp3) is 1.00. The maximum Gasteiger partial charge on any atom is 0.0726 e. The molecule has 1 atom stereocenters. The summed E-state index contributed by atoms with van der Waals surface area (Å²) in [5.74, 6) is 0. The van der Waals surface area contributed by atoms with Crippen molar-refractivity contribution in [2.24, 2.45) is 5.18 Å². The first-order chi connectivity index (χ1) is 2.81. The minimum absolute atomic E-state index is 0.144. The van der Waals surface area contributed by atoms with Crippen LogP contribution in [0.15, 0.2) is 5.18 Å². The maximum atomic E-state index is 9.52. The van der Waals surface area contributed by atoms with Crippen molar-refractivity contribution in [3.8, 4) is 0 Å². The number of hydrogen-bond donors (Lipinski definition) is 0. The number of nitrogens with zero attached hydrogens (tertiary/aromatic N) is 1. The van der Waals surface area contributed by atoms with Crippen LogP contribution in [0.5, 0.6) is 0 Å². The van der Waals surface area contributed by atoms with Crippen molar-refractivity contribution in [3.63, 3.8) is 0 Å². The first kappa shape index (κ1) is 5.82. The highest BCUT2D eigenvalue weighted by Gasteiger charge is 1.90. The van der Waals surface area contributed by atoms with E-state index in [0.29, 0.717) is 0 Å². The van der Waals surface area contributed by atoms with Crippen LogP contribution in [-0.4, -0.2) is 15.9 Å². The average molecular weight is 103 g/mol. The van der Waals surface area contributed by atoms with Crippen LogP contribution in [0.2, 0.25) is 0 Å². The summed E-state index contributed by atoms with van der Waals surface area (Å²) in [7, 11) is 0.911. The van der Waals surface area contributed by atoms with Gasteiger partial charge in [0.15, 0.2) is 0 Å². The van der Waals surface area contributed by atoms with Crippen LogP contribution in [0.1, 0.15) is 13.3 Å². The Kier molecular flexibility index (Phi) is 2.93. The molecule has 0 saturated heterocycles. The van der Waals surface area contributed by atoms with Crippen molar-refractivity contribution in [1.82, 2.24) is 0 Å². The third-order valence-corrected chi connectivity index (χ3v) is 1.80. The molecule has 0 aliphatic carbocycles. The van der Waals surface area contributed by atoms with Crippen molar-refractivity contribution in [3.05, 3.63) is 4.91 Å². The van der Waals surface area contributed by atoms with Gasteiger partial charge < -0.3 is 0 Å². The Morgan fingerprint density at radius 3 is 2.50 bits per heavy atom. The van der Waals surface area contributed by atoms with E-state index in [-0.39, 0.29) is 5.67 Å². The Balaban J connectivity index is 2.96. The summed E-state index contributed by atoms with van der Waals surface area (Å²) in [4.78, 5) is 9.52. The van der Waals surface area contributed by atoms with Crippen LogP contribution in [0.4, 0.5) is 0 Å². The lowest BCUT2D eigenvalue weighted by Gasteiger charge is -1.88. The fourth-order valence-corrected chi connectivity index (χ4v) is 0.0745. The van der Waals surface area contributed by atoms with E-state index < -0.39 is 0 Å². The predicted molar refractivity (Wildman–Crippen MR) is 29.8 cm³/mol. The van der Waals surface area contributed by atoms with Gasteiger partial charge in [-0.05, 0) is 6.42 Å². The van der Waals surface area contributed by atoms with Gasteiger partial charge in [0.1, 0.15) is 0 Å². The lowest BCUT2D eigenvalue weighted by atomic mass is 10.5. The molecule has 0 fully saturated rings. The lowest BCUT2D eigenvalue weighted by molar-refractivity contribution is 0.850. The zero-order valence-corrected chi connectivity index (χ0v) is 6.14. The summed E-state index contributed by atoms with van der Waals surface area (Å²) in [5, 5.41) is 2.82. The van der Waals surface area contributed by atoms with E-state index in [0.717, 1.165) is 16.7 Å². The van der Waals surface area contributed by atoms with Crippen LogP contribution in [0.3, 0.4) is 0 Å². The monoisotopic (exact) mass is 103 g/mol. The largest absolute Gasteiger partial charge is 0.151 e. The van der Waals surface area contributed by atoms with Gasteiger partial charge in [-0.15, -0.1) is 0 Å². The molecule has 0 bridgehead atoms. The van der Waals surface area contributed by atoms with Crippen LogP contribution >= 0.6 is 0 Å². The third kappa shape index (κ3) is 2.08. The molecule has 0 amide bonds. The highest BCUT2D eigenvalue weighted by atomic mass is 28.1.